The summed E-state index contributed by atoms with van der Waals surface area (Å²) in [6.07, 6.45) is 4.28. The second kappa shape index (κ2) is 6.38. The van der Waals surface area contributed by atoms with Gasteiger partial charge in [-0.1, -0.05) is 0 Å². The average Bonchev–Trinajstić information content (AvgIpc) is 2.11. The summed E-state index contributed by atoms with van der Waals surface area (Å²) < 4.78 is 28.7. The molecule has 0 amide bonds. The molecule has 1 aliphatic rings. The van der Waals surface area contributed by atoms with Gasteiger partial charge >= 0.3 is 42.7 Å². The molecule has 0 unspecified atom stereocenters. The Morgan fingerprint density at radius 1 is 1.22 bits per heavy atom. The third kappa shape index (κ3) is 11.7. The molecule has 1 heterocycles. The first-order valence-electron chi connectivity index (χ1n) is 2.18. The summed E-state index contributed by atoms with van der Waals surface area (Å²) in [5, 5.41) is 0. The summed E-state index contributed by atoms with van der Waals surface area (Å²) in [7, 11) is -2.86. The summed E-state index contributed by atoms with van der Waals surface area (Å²) in [6, 6.07) is 0. The third-order valence-corrected chi connectivity index (χ3v) is 3.09. The molecule has 0 aliphatic carbocycles. The van der Waals surface area contributed by atoms with Gasteiger partial charge in [-0.3, -0.25) is 0 Å². The summed E-state index contributed by atoms with van der Waals surface area (Å²) in [5.74, 6) is 0. The van der Waals surface area contributed by atoms with E-state index < -0.39 is 11.0 Å². The van der Waals surface area contributed by atoms with Gasteiger partial charge in [0.25, 0.3) is 0 Å². The second-order valence-electron chi connectivity index (χ2n) is 1.18. The molecule has 0 saturated heterocycles. The zero-order valence-corrected chi connectivity index (χ0v) is 8.67. The Kier molecular flexibility index (Phi) is 6.57. The van der Waals surface area contributed by atoms with Crippen molar-refractivity contribution in [3.63, 3.8) is 0 Å². The number of hydrogen-bond donors (Lipinski definition) is 1. The molecule has 3 nitrogen and oxygen atoms in total. The van der Waals surface area contributed by atoms with E-state index >= 15 is 0 Å². The van der Waals surface area contributed by atoms with Crippen molar-refractivity contribution in [2.75, 3.05) is 0 Å². The normalized spacial score (nSPS) is 12.7. The van der Waals surface area contributed by atoms with Gasteiger partial charge in [0.15, 0.2) is 0 Å². The SMILES string of the molecule is C1=[CH][In][CH]=C1.O=[S-](=O)O. The van der Waals surface area contributed by atoms with E-state index in [2.05, 4.69) is 19.8 Å². The van der Waals surface area contributed by atoms with Gasteiger partial charge in [-0.05, 0) is 0 Å². The van der Waals surface area contributed by atoms with E-state index in [4.69, 9.17) is 13.0 Å². The van der Waals surface area contributed by atoms with Gasteiger partial charge in [0.2, 0.25) is 0 Å². The maximum atomic E-state index is 8.56. The van der Waals surface area contributed by atoms with E-state index in [1.165, 1.54) is 0 Å². The monoisotopic (exact) mass is 248 g/mol. The van der Waals surface area contributed by atoms with E-state index in [9.17, 15) is 0 Å². The van der Waals surface area contributed by atoms with Gasteiger partial charge in [-0.25, -0.2) is 0 Å². The zero-order valence-electron chi connectivity index (χ0n) is 4.56. The summed E-state index contributed by atoms with van der Waals surface area (Å²) in [4.78, 5) is 0. The molecule has 1 rings (SSSR count). The van der Waals surface area contributed by atoms with Crippen LogP contribution >= 0.6 is 0 Å². The molecule has 0 spiro atoms. The van der Waals surface area contributed by atoms with Crippen molar-refractivity contribution in [2.45, 2.75) is 0 Å². The van der Waals surface area contributed by atoms with Gasteiger partial charge in [-0.2, -0.15) is 0 Å². The average molecular weight is 248 g/mol. The largest absolute Gasteiger partial charge is 0.439 e. The molecule has 0 aromatic carbocycles. The molecule has 0 bridgehead atoms. The van der Waals surface area contributed by atoms with Gasteiger partial charge < -0.3 is 13.0 Å². The molecular weight excluding hydrogens is 243 g/mol. The summed E-state index contributed by atoms with van der Waals surface area (Å²) >= 11 is -0.170. The fourth-order valence-corrected chi connectivity index (χ4v) is 2.15. The molecule has 1 aliphatic heterocycles. The van der Waals surface area contributed by atoms with Crippen molar-refractivity contribution in [3.8, 4) is 0 Å². The molecule has 1 radical (unpaired) electrons. The van der Waals surface area contributed by atoms with Crippen molar-refractivity contribution < 1.29 is 13.0 Å². The van der Waals surface area contributed by atoms with E-state index in [0.717, 1.165) is 0 Å². The smallest absolute Gasteiger partial charge is 0.0495 e. The van der Waals surface area contributed by atoms with Gasteiger partial charge in [0.05, 0.1) is 0 Å². The van der Waals surface area contributed by atoms with Crippen LogP contribution in [-0.2, 0) is 19.4 Å². The fraction of sp³-hybridized carbons (Fsp3) is 0. The molecule has 49 valence electrons. The Balaban J connectivity index is 0.000000148. The second-order valence-corrected chi connectivity index (χ2v) is 4.91. The minimum atomic E-state index is -2.86. The van der Waals surface area contributed by atoms with E-state index in [-0.39, 0.29) is 22.9 Å². The number of allylic oxidation sites excluding steroid dienone is 2. The molecule has 5 heteroatoms. The summed E-state index contributed by atoms with van der Waals surface area (Å²) in [5.41, 5.74) is 0. The van der Waals surface area contributed by atoms with Gasteiger partial charge in [0.1, 0.15) is 0 Å². The van der Waals surface area contributed by atoms with E-state index in [1.807, 2.05) is 0 Å². The van der Waals surface area contributed by atoms with Crippen LogP contribution in [0.1, 0.15) is 0 Å². The van der Waals surface area contributed by atoms with Crippen LogP contribution in [0.4, 0.5) is 0 Å². The van der Waals surface area contributed by atoms with E-state index in [0.29, 0.717) is 0 Å². The van der Waals surface area contributed by atoms with Crippen LogP contribution in [0.5, 0.6) is 0 Å². The zero-order chi connectivity index (χ0) is 7.11. The van der Waals surface area contributed by atoms with E-state index in [1.54, 1.807) is 0 Å². The minimum absolute atomic E-state index is 0.170. The molecular formula is C4H5InO3S-. The van der Waals surface area contributed by atoms with Crippen molar-refractivity contribution in [1.82, 2.24) is 0 Å². The minimum Gasteiger partial charge on any atom is -0.439 e. The maximum absolute atomic E-state index is 8.56. The molecule has 9 heavy (non-hydrogen) atoms. The van der Waals surface area contributed by atoms with Crippen LogP contribution in [0, 0.1) is 0 Å². The first-order chi connectivity index (χ1) is 4.23. The maximum Gasteiger partial charge on any atom is 0.0495 e. The van der Waals surface area contributed by atoms with Crippen LogP contribution in [0.3, 0.4) is 0 Å². The quantitative estimate of drug-likeness (QED) is 0.386. The molecule has 1 N–H and O–H groups in total. The van der Waals surface area contributed by atoms with Crippen molar-refractivity contribution in [1.29, 1.82) is 0 Å². The number of hydrogen-bond acceptors (Lipinski definition) is 3. The predicted octanol–water partition coefficient (Wildman–Crippen LogP) is 0.500. The topological polar surface area (TPSA) is 54.4 Å². The van der Waals surface area contributed by atoms with Crippen LogP contribution < -0.4 is 0 Å². The first kappa shape index (κ1) is 9.26. The van der Waals surface area contributed by atoms with Crippen molar-refractivity contribution >= 4 is 33.9 Å². The third-order valence-electron chi connectivity index (χ3n) is 0.556. The van der Waals surface area contributed by atoms with Crippen LogP contribution in [0.25, 0.3) is 0 Å². The fourth-order valence-electron chi connectivity index (χ4n) is 0.321. The van der Waals surface area contributed by atoms with Crippen LogP contribution in [0.2, 0.25) is 0 Å². The van der Waals surface area contributed by atoms with Gasteiger partial charge in [0, 0.05) is 11.0 Å². The number of rotatable bonds is 0. The van der Waals surface area contributed by atoms with Crippen LogP contribution in [0.15, 0.2) is 19.8 Å². The van der Waals surface area contributed by atoms with Crippen molar-refractivity contribution in [3.05, 3.63) is 19.8 Å². The molecule has 0 aromatic rings. The molecule has 0 aromatic heterocycles. The standard InChI is InChI=1S/C4H4.In.HO3S/c1-3-4-2;;1-4(2)3/h1-4H;;(H,1,2,3)/q;;-1. The molecule has 0 saturated carbocycles. The Labute approximate surface area is 66.6 Å². The van der Waals surface area contributed by atoms with Crippen molar-refractivity contribution in [2.24, 2.45) is 0 Å². The Morgan fingerprint density at radius 3 is 1.67 bits per heavy atom. The van der Waals surface area contributed by atoms with Crippen LogP contribution in [-0.4, -0.2) is 27.5 Å². The molecule has 0 atom stereocenters. The Morgan fingerprint density at radius 2 is 1.56 bits per heavy atom. The molecule has 0 fully saturated rings. The van der Waals surface area contributed by atoms with Gasteiger partial charge in [-0.15, -0.1) is 0 Å². The first-order valence-corrected chi connectivity index (χ1v) is 7.02. The predicted molar refractivity (Wildman–Crippen MR) is 35.4 cm³/mol. The Hall–Kier alpha value is 0.260. The Bertz CT molecular complexity index is 164. The summed E-state index contributed by atoms with van der Waals surface area (Å²) in [6.45, 7) is 0.